The zero-order valence-electron chi connectivity index (χ0n) is 11.0. The molecule has 0 aliphatic heterocycles. The summed E-state index contributed by atoms with van der Waals surface area (Å²) in [4.78, 5) is 26.1. The lowest BCUT2D eigenvalue weighted by molar-refractivity contribution is -0.139. The number of aromatic nitrogens is 2. The van der Waals surface area contributed by atoms with Crippen LogP contribution in [0, 0.1) is 0 Å². The van der Waals surface area contributed by atoms with Gasteiger partial charge in [0.15, 0.2) is 0 Å². The molecule has 1 atom stereocenters. The van der Waals surface area contributed by atoms with Crippen LogP contribution in [0.1, 0.15) is 26.2 Å². The Morgan fingerprint density at radius 2 is 2.21 bits per heavy atom. The highest BCUT2D eigenvalue weighted by Gasteiger charge is 2.16. The van der Waals surface area contributed by atoms with Crippen LogP contribution in [-0.2, 0) is 11.3 Å². The molecule has 1 aromatic rings. The standard InChI is InChI=1S/C12H20N4O3/c1-2-10(11(17)18)15-12(19)14-5-3-4-7-16-8-6-13-9-16/h6,8-10H,2-5,7H2,1H3,(H,17,18)(H2,14,15,19)/t10-/m1/s1. The predicted octanol–water partition coefficient (Wildman–Crippen LogP) is 0.826. The molecule has 0 bridgehead atoms. The van der Waals surface area contributed by atoms with Gasteiger partial charge >= 0.3 is 12.0 Å². The number of aliphatic carboxylic acids is 1. The summed E-state index contributed by atoms with van der Waals surface area (Å²) in [5.41, 5.74) is 0. The van der Waals surface area contributed by atoms with Gasteiger partial charge in [-0.2, -0.15) is 0 Å². The molecule has 1 aromatic heterocycles. The monoisotopic (exact) mass is 268 g/mol. The molecule has 0 saturated heterocycles. The Labute approximate surface area is 112 Å². The van der Waals surface area contributed by atoms with Crippen molar-refractivity contribution in [3.63, 3.8) is 0 Å². The highest BCUT2D eigenvalue weighted by molar-refractivity contribution is 5.82. The van der Waals surface area contributed by atoms with E-state index in [2.05, 4.69) is 15.6 Å². The molecule has 3 N–H and O–H groups in total. The van der Waals surface area contributed by atoms with Gasteiger partial charge in [0.25, 0.3) is 0 Å². The number of rotatable bonds is 8. The Morgan fingerprint density at radius 1 is 1.42 bits per heavy atom. The molecule has 19 heavy (non-hydrogen) atoms. The van der Waals surface area contributed by atoms with E-state index in [0.29, 0.717) is 13.0 Å². The Morgan fingerprint density at radius 3 is 2.79 bits per heavy atom. The third-order valence-electron chi connectivity index (χ3n) is 2.70. The number of carboxylic acid groups (broad SMARTS) is 1. The maximum atomic E-state index is 11.4. The van der Waals surface area contributed by atoms with Crippen LogP contribution < -0.4 is 10.6 Å². The van der Waals surface area contributed by atoms with Crippen molar-refractivity contribution >= 4 is 12.0 Å². The van der Waals surface area contributed by atoms with E-state index in [1.54, 1.807) is 19.4 Å². The van der Waals surface area contributed by atoms with Crippen molar-refractivity contribution in [3.05, 3.63) is 18.7 Å². The zero-order chi connectivity index (χ0) is 14.1. The van der Waals surface area contributed by atoms with Crippen LogP contribution in [0.25, 0.3) is 0 Å². The summed E-state index contributed by atoms with van der Waals surface area (Å²) < 4.78 is 1.97. The summed E-state index contributed by atoms with van der Waals surface area (Å²) in [5, 5.41) is 13.8. The molecule has 0 unspecified atom stereocenters. The first-order valence-electron chi connectivity index (χ1n) is 6.36. The summed E-state index contributed by atoms with van der Waals surface area (Å²) in [6.45, 7) is 3.09. The molecule has 0 spiro atoms. The van der Waals surface area contributed by atoms with Crippen molar-refractivity contribution in [2.45, 2.75) is 38.8 Å². The number of nitrogens with one attached hydrogen (secondary N) is 2. The number of carbonyl (C=O) groups is 2. The summed E-state index contributed by atoms with van der Waals surface area (Å²) >= 11 is 0. The van der Waals surface area contributed by atoms with E-state index in [4.69, 9.17) is 5.11 Å². The largest absolute Gasteiger partial charge is 0.480 e. The lowest BCUT2D eigenvalue weighted by Gasteiger charge is -2.13. The van der Waals surface area contributed by atoms with Gasteiger partial charge in [0.1, 0.15) is 6.04 Å². The molecule has 0 fully saturated rings. The van der Waals surface area contributed by atoms with Crippen molar-refractivity contribution in [2.75, 3.05) is 6.54 Å². The molecular weight excluding hydrogens is 248 g/mol. The minimum Gasteiger partial charge on any atom is -0.480 e. The third kappa shape index (κ3) is 5.89. The van der Waals surface area contributed by atoms with Gasteiger partial charge in [0, 0.05) is 25.5 Å². The van der Waals surface area contributed by atoms with Crippen LogP contribution in [0.3, 0.4) is 0 Å². The first kappa shape index (κ1) is 15.0. The van der Waals surface area contributed by atoms with E-state index >= 15 is 0 Å². The molecule has 0 radical (unpaired) electrons. The maximum absolute atomic E-state index is 11.4. The molecule has 2 amide bonds. The smallest absolute Gasteiger partial charge is 0.326 e. The highest BCUT2D eigenvalue weighted by Crippen LogP contribution is 1.94. The van der Waals surface area contributed by atoms with E-state index in [1.165, 1.54) is 0 Å². The van der Waals surface area contributed by atoms with Gasteiger partial charge in [0.05, 0.1) is 6.33 Å². The summed E-state index contributed by atoms with van der Waals surface area (Å²) in [5.74, 6) is -1.02. The number of unbranched alkanes of at least 4 members (excludes halogenated alkanes) is 1. The number of hydrogen-bond acceptors (Lipinski definition) is 3. The normalized spacial score (nSPS) is 11.8. The fourth-order valence-corrected chi connectivity index (χ4v) is 1.59. The minimum absolute atomic E-state index is 0.364. The number of amides is 2. The van der Waals surface area contributed by atoms with Crippen LogP contribution in [0.5, 0.6) is 0 Å². The SMILES string of the molecule is CC[C@@H](NC(=O)NCCCCn1ccnc1)C(=O)O. The minimum atomic E-state index is -1.02. The van der Waals surface area contributed by atoms with Gasteiger partial charge in [-0.05, 0) is 19.3 Å². The first-order chi connectivity index (χ1) is 9.13. The van der Waals surface area contributed by atoms with Crippen LogP contribution in [-0.4, -0.2) is 39.2 Å². The van der Waals surface area contributed by atoms with Crippen LogP contribution >= 0.6 is 0 Å². The van der Waals surface area contributed by atoms with E-state index < -0.39 is 18.0 Å². The summed E-state index contributed by atoms with van der Waals surface area (Å²) in [6, 6.07) is -1.26. The second-order valence-corrected chi connectivity index (χ2v) is 4.21. The number of carboxylic acids is 1. The van der Waals surface area contributed by atoms with Gasteiger partial charge in [-0.3, -0.25) is 0 Å². The van der Waals surface area contributed by atoms with Crippen LogP contribution in [0.15, 0.2) is 18.7 Å². The Kier molecular flexibility index (Phi) is 6.42. The van der Waals surface area contributed by atoms with Gasteiger partial charge in [-0.1, -0.05) is 6.92 Å². The van der Waals surface area contributed by atoms with Crippen molar-refractivity contribution in [1.29, 1.82) is 0 Å². The van der Waals surface area contributed by atoms with Crippen molar-refractivity contribution in [2.24, 2.45) is 0 Å². The van der Waals surface area contributed by atoms with Gasteiger partial charge in [-0.25, -0.2) is 14.6 Å². The average molecular weight is 268 g/mol. The molecule has 7 nitrogen and oxygen atoms in total. The number of imidazole rings is 1. The number of carbonyl (C=O) groups excluding carboxylic acids is 1. The molecule has 0 saturated carbocycles. The highest BCUT2D eigenvalue weighted by atomic mass is 16.4. The lowest BCUT2D eigenvalue weighted by Crippen LogP contribution is -2.45. The molecule has 7 heteroatoms. The third-order valence-corrected chi connectivity index (χ3v) is 2.70. The Balaban J connectivity index is 2.08. The first-order valence-corrected chi connectivity index (χ1v) is 6.36. The predicted molar refractivity (Wildman–Crippen MR) is 69.7 cm³/mol. The Hall–Kier alpha value is -2.05. The number of nitrogens with zero attached hydrogens (tertiary/aromatic N) is 2. The van der Waals surface area contributed by atoms with Crippen molar-refractivity contribution < 1.29 is 14.7 Å². The lowest BCUT2D eigenvalue weighted by atomic mass is 10.2. The molecule has 0 aliphatic rings. The van der Waals surface area contributed by atoms with Gasteiger partial charge < -0.3 is 20.3 Å². The fraction of sp³-hybridized carbons (Fsp3) is 0.583. The van der Waals surface area contributed by atoms with Crippen molar-refractivity contribution in [3.8, 4) is 0 Å². The van der Waals surface area contributed by atoms with Gasteiger partial charge in [0.2, 0.25) is 0 Å². The van der Waals surface area contributed by atoms with E-state index in [1.807, 2.05) is 10.8 Å². The molecule has 0 aliphatic carbocycles. The zero-order valence-corrected chi connectivity index (χ0v) is 11.0. The summed E-state index contributed by atoms with van der Waals surface area (Å²) in [7, 11) is 0. The van der Waals surface area contributed by atoms with Gasteiger partial charge in [-0.15, -0.1) is 0 Å². The fourth-order valence-electron chi connectivity index (χ4n) is 1.59. The van der Waals surface area contributed by atoms with E-state index in [9.17, 15) is 9.59 Å². The van der Waals surface area contributed by atoms with Crippen LogP contribution in [0.2, 0.25) is 0 Å². The average Bonchev–Trinajstić information content (AvgIpc) is 2.88. The second kappa shape index (κ2) is 8.12. The quantitative estimate of drug-likeness (QED) is 0.608. The molecule has 0 aromatic carbocycles. The van der Waals surface area contributed by atoms with E-state index in [-0.39, 0.29) is 0 Å². The Bertz CT molecular complexity index is 392. The summed E-state index contributed by atoms with van der Waals surface area (Å²) in [6.07, 6.45) is 7.48. The second-order valence-electron chi connectivity index (χ2n) is 4.21. The number of aryl methyl sites for hydroxylation is 1. The van der Waals surface area contributed by atoms with Crippen LogP contribution in [0.4, 0.5) is 4.79 Å². The molecule has 1 rings (SSSR count). The van der Waals surface area contributed by atoms with Crippen molar-refractivity contribution in [1.82, 2.24) is 20.2 Å². The molecule has 1 heterocycles. The number of urea groups is 1. The number of hydrogen-bond donors (Lipinski definition) is 3. The molecule has 106 valence electrons. The maximum Gasteiger partial charge on any atom is 0.326 e. The molecular formula is C12H20N4O3. The van der Waals surface area contributed by atoms with E-state index in [0.717, 1.165) is 19.4 Å². The topological polar surface area (TPSA) is 96.3 Å².